The molecule has 0 N–H and O–H groups in total. The van der Waals surface area contributed by atoms with Crippen molar-refractivity contribution in [1.29, 1.82) is 0 Å². The maximum atomic E-state index is 2.00. The normalized spacial score (nSPS) is 1.50. The summed E-state index contributed by atoms with van der Waals surface area (Å²) in [6, 6.07) is 0. The summed E-state index contributed by atoms with van der Waals surface area (Å²) in [5, 5.41) is 0. The topological polar surface area (TPSA) is 0 Å². The second-order valence-electron chi connectivity index (χ2n) is 0. The summed E-state index contributed by atoms with van der Waals surface area (Å²) in [6.45, 7) is 4.00. The van der Waals surface area contributed by atoms with Crippen LogP contribution in [0, 0.1) is 0 Å². The lowest BCUT2D eigenvalue weighted by Crippen LogP contribution is -3.00. The smallest absolute Gasteiger partial charge is 0.0576 e. The van der Waals surface area contributed by atoms with Crippen molar-refractivity contribution in [2.24, 2.45) is 0 Å². The van der Waals surface area contributed by atoms with Gasteiger partial charge in [-0.1, -0.05) is 27.3 Å². The van der Waals surface area contributed by atoms with Crippen molar-refractivity contribution in [1.82, 2.24) is 0 Å². The minimum Gasteiger partial charge on any atom is -1.00 e. The monoisotopic (exact) mass is 100 g/mol. The molecule has 0 bridgehead atoms. The van der Waals surface area contributed by atoms with E-state index in [0.717, 1.165) is 0 Å². The molecule has 30 valence electrons. The van der Waals surface area contributed by atoms with Gasteiger partial charge in [0.2, 0.25) is 0 Å². The minimum atomic E-state index is 0. The van der Waals surface area contributed by atoms with E-state index in [1.54, 1.807) is 0 Å². The van der Waals surface area contributed by atoms with Gasteiger partial charge in [0.1, 0.15) is 0 Å². The Morgan fingerprint density at radius 1 is 1.00 bits per heavy atom. The summed E-state index contributed by atoms with van der Waals surface area (Å²) < 4.78 is 0. The molecule has 0 aromatic heterocycles. The average molecular weight is 101 g/mol. The van der Waals surface area contributed by atoms with Gasteiger partial charge in [0.15, 0.2) is 0 Å². The molecule has 0 fully saturated rings. The third kappa shape index (κ3) is 17.3. The molecule has 0 aromatic rings. The summed E-state index contributed by atoms with van der Waals surface area (Å²) in [4.78, 5) is 0. The highest BCUT2D eigenvalue weighted by molar-refractivity contribution is 7.37. The van der Waals surface area contributed by atoms with E-state index in [-0.39, 0.29) is 25.9 Å². The minimum absolute atomic E-state index is 0. The zero-order valence-electron chi connectivity index (χ0n) is 2.96. The number of halogens is 1. The van der Waals surface area contributed by atoms with Crippen LogP contribution in [0.2, 0.25) is 0 Å². The van der Waals surface area contributed by atoms with E-state index in [1.807, 2.05) is 13.8 Å². The van der Waals surface area contributed by atoms with Gasteiger partial charge in [0.05, 0.1) is 0 Å². The van der Waals surface area contributed by atoms with Gasteiger partial charge >= 0.3 is 0 Å². The van der Waals surface area contributed by atoms with E-state index in [4.69, 9.17) is 0 Å². The Labute approximate surface area is 40.5 Å². The van der Waals surface area contributed by atoms with Crippen molar-refractivity contribution in [3.63, 3.8) is 0 Å². The highest BCUT2D eigenvalue weighted by Crippen LogP contribution is 1.14. The van der Waals surface area contributed by atoms with Gasteiger partial charge in [-0.15, -0.1) is 0 Å². The molecule has 0 nitrogen and oxygen atoms in total. The highest BCUT2D eigenvalue weighted by Gasteiger charge is 0.932. The fourth-order valence-corrected chi connectivity index (χ4v) is 0. The van der Waals surface area contributed by atoms with E-state index in [1.165, 1.54) is 0 Å². The predicted octanol–water partition coefficient (Wildman–Crippen LogP) is -2.78. The Morgan fingerprint density at radius 3 is 1.00 bits per heavy atom. The fraction of sp³-hybridized carbons (Fsp3) is 1.00. The quantitative estimate of drug-likeness (QED) is 0.289. The lowest BCUT2D eigenvalue weighted by Gasteiger charge is -1.07. The van der Waals surface area contributed by atoms with Crippen LogP contribution in [0.4, 0.5) is 0 Å². The Balaban J connectivity index is -0.00000000500. The summed E-state index contributed by atoms with van der Waals surface area (Å²) >= 11 is 0. The molecule has 0 unspecified atom stereocenters. The number of hydrogen-bond donors (Lipinski definition) is 0. The van der Waals surface area contributed by atoms with Crippen LogP contribution in [0.15, 0.2) is 0 Å². The maximum absolute atomic E-state index is 2.00. The van der Waals surface area contributed by atoms with Crippen molar-refractivity contribution in [3.8, 4) is 0 Å². The number of hydrogen-bond acceptors (Lipinski definition) is 0. The van der Waals surface area contributed by atoms with Gasteiger partial charge in [-0.3, -0.25) is 0 Å². The van der Waals surface area contributed by atoms with E-state index >= 15 is 0 Å². The molecule has 0 heterocycles. The molecule has 4 heavy (non-hydrogen) atoms. The largest absolute Gasteiger partial charge is 1.00 e. The van der Waals surface area contributed by atoms with Crippen molar-refractivity contribution in [2.75, 3.05) is 0 Å². The summed E-state index contributed by atoms with van der Waals surface area (Å²) in [5.41, 5.74) is 0. The van der Waals surface area contributed by atoms with Crippen LogP contribution in [0.3, 0.4) is 0 Å². The lowest BCUT2D eigenvalue weighted by atomic mass is 11.0. The summed E-state index contributed by atoms with van der Waals surface area (Å²) in [7, 11) is 0. The standard InChI is InChI=1S/C2H6.ClH.H2S/c1-2;;/h1-2H3;1H;1H2. The molecule has 0 spiro atoms. The number of rotatable bonds is 0. The molecule has 0 aliphatic carbocycles. The van der Waals surface area contributed by atoms with Crippen molar-refractivity contribution < 1.29 is 12.4 Å². The van der Waals surface area contributed by atoms with Crippen LogP contribution >= 0.6 is 0 Å². The molecular weight excluding hydrogens is 91.5 g/mol. The molecular formula is C2H9ClS. The summed E-state index contributed by atoms with van der Waals surface area (Å²) in [6.07, 6.45) is 0. The first-order valence-corrected chi connectivity index (χ1v) is 1.00. The third-order valence-electron chi connectivity index (χ3n) is 0. The first kappa shape index (κ1) is 22.9. The van der Waals surface area contributed by atoms with E-state index < -0.39 is 0 Å². The molecule has 0 saturated heterocycles. The van der Waals surface area contributed by atoms with Crippen molar-refractivity contribution in [3.05, 3.63) is 0 Å². The molecule has 0 amide bonds. The van der Waals surface area contributed by atoms with Crippen LogP contribution in [0.1, 0.15) is 13.8 Å². The van der Waals surface area contributed by atoms with Gasteiger partial charge in [-0.2, -0.15) is 0 Å². The zero-order valence-corrected chi connectivity index (χ0v) is 4.87. The zero-order chi connectivity index (χ0) is 2.00. The van der Waals surface area contributed by atoms with Crippen LogP contribution in [0.5, 0.6) is 0 Å². The maximum Gasteiger partial charge on any atom is -0.0576 e. The first-order valence-electron chi connectivity index (χ1n) is 1.00. The van der Waals surface area contributed by atoms with Crippen molar-refractivity contribution >= 4 is 13.5 Å². The highest BCUT2D eigenvalue weighted by atomic mass is 35.5. The van der Waals surface area contributed by atoms with Gasteiger partial charge in [-0.25, -0.2) is 0 Å². The molecule has 0 atom stereocenters. The second kappa shape index (κ2) is 61.9. The van der Waals surface area contributed by atoms with Gasteiger partial charge in [0.25, 0.3) is 0 Å². The van der Waals surface area contributed by atoms with Crippen molar-refractivity contribution in [2.45, 2.75) is 13.8 Å². The second-order valence-corrected chi connectivity index (χ2v) is 0. The van der Waals surface area contributed by atoms with E-state index in [9.17, 15) is 0 Å². The molecule has 0 saturated carbocycles. The Morgan fingerprint density at radius 2 is 1.00 bits per heavy atom. The Bertz CT molecular complexity index is 6.00. The SMILES string of the molecule is CC.[Cl-].[SH3+]. The Kier molecular flexibility index (Phi) is 354. The molecule has 2 heteroatoms. The molecule has 0 rings (SSSR count). The molecule has 0 aliphatic rings. The molecule has 0 aliphatic heterocycles. The first-order chi connectivity index (χ1) is 1.00. The Hall–Kier alpha value is 0.640. The van der Waals surface area contributed by atoms with Gasteiger partial charge in [-0.05, 0) is 0 Å². The lowest BCUT2D eigenvalue weighted by molar-refractivity contribution is -0.000000707. The van der Waals surface area contributed by atoms with Crippen LogP contribution in [0.25, 0.3) is 0 Å². The summed E-state index contributed by atoms with van der Waals surface area (Å²) in [5.74, 6) is 0. The van der Waals surface area contributed by atoms with Crippen LogP contribution < -0.4 is 12.4 Å². The average Bonchev–Trinajstić information content (AvgIpc) is 1.00. The van der Waals surface area contributed by atoms with Gasteiger partial charge in [0, 0.05) is 0 Å². The molecule has 0 aromatic carbocycles. The van der Waals surface area contributed by atoms with Gasteiger partial charge < -0.3 is 12.4 Å². The fourth-order valence-electron chi connectivity index (χ4n) is 0. The molecule has 0 radical (unpaired) electrons. The van der Waals surface area contributed by atoms with E-state index in [2.05, 4.69) is 0 Å². The predicted molar refractivity (Wildman–Crippen MR) is 22.9 cm³/mol. The van der Waals surface area contributed by atoms with Crippen LogP contribution in [-0.4, -0.2) is 0 Å². The van der Waals surface area contributed by atoms with E-state index in [0.29, 0.717) is 0 Å². The third-order valence-corrected chi connectivity index (χ3v) is 0. The van der Waals surface area contributed by atoms with Crippen LogP contribution in [-0.2, 0) is 13.5 Å².